The number of carbonyl (C=O) groups excluding carboxylic acids is 1. The Morgan fingerprint density at radius 1 is 1.20 bits per heavy atom. The highest BCUT2D eigenvalue weighted by molar-refractivity contribution is 5.83. The van der Waals surface area contributed by atoms with Crippen molar-refractivity contribution in [1.82, 2.24) is 4.90 Å². The third-order valence-corrected chi connectivity index (χ3v) is 4.94. The Morgan fingerprint density at radius 3 is 2.20 bits per heavy atom. The van der Waals surface area contributed by atoms with E-state index in [4.69, 9.17) is 5.11 Å². The lowest BCUT2D eigenvalue weighted by molar-refractivity contribution is -0.149. The molecular formula is C16H27NO3. The second-order valence-electron chi connectivity index (χ2n) is 6.99. The molecule has 2 aliphatic rings. The van der Waals surface area contributed by atoms with E-state index in [2.05, 4.69) is 13.8 Å². The topological polar surface area (TPSA) is 57.6 Å². The van der Waals surface area contributed by atoms with Crippen LogP contribution in [0.1, 0.15) is 58.8 Å². The first-order chi connectivity index (χ1) is 9.44. The van der Waals surface area contributed by atoms with E-state index in [0.29, 0.717) is 37.8 Å². The lowest BCUT2D eigenvalue weighted by Gasteiger charge is -2.38. The zero-order chi connectivity index (χ0) is 14.8. The van der Waals surface area contributed by atoms with Crippen LogP contribution < -0.4 is 0 Å². The molecule has 0 atom stereocenters. The van der Waals surface area contributed by atoms with Crippen molar-refractivity contribution in [3.8, 4) is 0 Å². The van der Waals surface area contributed by atoms with E-state index in [1.54, 1.807) is 0 Å². The van der Waals surface area contributed by atoms with Gasteiger partial charge in [-0.3, -0.25) is 9.59 Å². The van der Waals surface area contributed by atoms with Gasteiger partial charge in [0.2, 0.25) is 5.91 Å². The Kier molecular flexibility index (Phi) is 4.71. The largest absolute Gasteiger partial charge is 0.481 e. The van der Waals surface area contributed by atoms with E-state index in [1.165, 1.54) is 0 Å². The fourth-order valence-corrected chi connectivity index (χ4v) is 4.00. The van der Waals surface area contributed by atoms with Gasteiger partial charge in [0.15, 0.2) is 0 Å². The number of carboxylic acid groups (broad SMARTS) is 1. The summed E-state index contributed by atoms with van der Waals surface area (Å²) in [7, 11) is 0. The van der Waals surface area contributed by atoms with Gasteiger partial charge >= 0.3 is 5.97 Å². The number of likely N-dealkylation sites (tertiary alicyclic amines) is 1. The number of aliphatic carboxylic acids is 1. The molecule has 0 spiro atoms. The summed E-state index contributed by atoms with van der Waals surface area (Å²) in [5, 5.41) is 9.04. The summed E-state index contributed by atoms with van der Waals surface area (Å²) in [6, 6.07) is 0. The van der Waals surface area contributed by atoms with Crippen molar-refractivity contribution >= 4 is 11.9 Å². The molecule has 20 heavy (non-hydrogen) atoms. The van der Waals surface area contributed by atoms with Gasteiger partial charge in [-0.2, -0.15) is 0 Å². The number of piperidine rings is 1. The molecule has 0 bridgehead atoms. The van der Waals surface area contributed by atoms with E-state index >= 15 is 0 Å². The third kappa shape index (κ3) is 3.15. The highest BCUT2D eigenvalue weighted by Gasteiger charge is 2.44. The number of rotatable bonds is 4. The highest BCUT2D eigenvalue weighted by Crippen LogP contribution is 2.45. The summed E-state index contributed by atoms with van der Waals surface area (Å²) in [5.74, 6) is -0.139. The Balaban J connectivity index is 2.01. The highest BCUT2D eigenvalue weighted by atomic mass is 16.4. The van der Waals surface area contributed by atoms with Crippen LogP contribution in [0, 0.1) is 17.3 Å². The molecule has 114 valence electrons. The van der Waals surface area contributed by atoms with Gasteiger partial charge in [0.1, 0.15) is 0 Å². The molecule has 1 saturated carbocycles. The van der Waals surface area contributed by atoms with Gasteiger partial charge in [-0.25, -0.2) is 0 Å². The molecule has 2 rings (SSSR count). The van der Waals surface area contributed by atoms with Crippen molar-refractivity contribution in [3.05, 3.63) is 0 Å². The smallest absolute Gasteiger partial charge is 0.306 e. The molecule has 2 fully saturated rings. The van der Waals surface area contributed by atoms with Gasteiger partial charge in [0.25, 0.3) is 0 Å². The van der Waals surface area contributed by atoms with Crippen molar-refractivity contribution in [2.75, 3.05) is 13.1 Å². The van der Waals surface area contributed by atoms with Gasteiger partial charge in [-0.15, -0.1) is 0 Å². The average Bonchev–Trinajstić information content (AvgIpc) is 2.87. The molecule has 0 radical (unpaired) electrons. The monoisotopic (exact) mass is 281 g/mol. The molecule has 4 heteroatoms. The van der Waals surface area contributed by atoms with Crippen LogP contribution in [-0.4, -0.2) is 35.0 Å². The summed E-state index contributed by atoms with van der Waals surface area (Å²) in [6.07, 6.45) is 6.54. The molecule has 4 nitrogen and oxygen atoms in total. The van der Waals surface area contributed by atoms with Crippen molar-refractivity contribution in [1.29, 1.82) is 0 Å². The van der Waals surface area contributed by atoms with Crippen LogP contribution in [0.5, 0.6) is 0 Å². The molecular weight excluding hydrogens is 254 g/mol. The number of hydrogen-bond acceptors (Lipinski definition) is 2. The molecule has 1 aliphatic carbocycles. The minimum atomic E-state index is -0.713. The Labute approximate surface area is 121 Å². The molecule has 1 heterocycles. The van der Waals surface area contributed by atoms with Gasteiger partial charge in [0, 0.05) is 18.5 Å². The van der Waals surface area contributed by atoms with Gasteiger partial charge in [-0.05, 0) is 38.0 Å². The Bertz CT molecular complexity index is 364. The number of hydrogen-bond donors (Lipinski definition) is 1. The summed E-state index contributed by atoms with van der Waals surface area (Å²) in [6.45, 7) is 5.61. The van der Waals surface area contributed by atoms with Crippen LogP contribution in [0.2, 0.25) is 0 Å². The number of carbonyl (C=O) groups is 2. The maximum Gasteiger partial charge on any atom is 0.306 e. The molecule has 1 aliphatic heterocycles. The minimum Gasteiger partial charge on any atom is -0.481 e. The first kappa shape index (κ1) is 15.3. The van der Waals surface area contributed by atoms with E-state index < -0.39 is 5.97 Å². The lowest BCUT2D eigenvalue weighted by atomic mass is 9.77. The average molecular weight is 281 g/mol. The van der Waals surface area contributed by atoms with E-state index in [0.717, 1.165) is 32.1 Å². The molecule has 1 saturated heterocycles. The SMILES string of the molecule is CC(C)CC1(C(=O)N2CCC(C(=O)O)CC2)CCCC1. The third-order valence-electron chi connectivity index (χ3n) is 4.94. The molecule has 1 N–H and O–H groups in total. The van der Waals surface area contributed by atoms with Crippen molar-refractivity contribution in [2.45, 2.75) is 58.8 Å². The predicted octanol–water partition coefficient (Wildman–Crippen LogP) is 2.92. The Hall–Kier alpha value is -1.06. The fourth-order valence-electron chi connectivity index (χ4n) is 4.00. The molecule has 0 aromatic rings. The van der Waals surface area contributed by atoms with E-state index in [-0.39, 0.29) is 11.3 Å². The summed E-state index contributed by atoms with van der Waals surface area (Å²) < 4.78 is 0. The lowest BCUT2D eigenvalue weighted by Crippen LogP contribution is -2.47. The number of nitrogens with zero attached hydrogens (tertiary/aromatic N) is 1. The summed E-state index contributed by atoms with van der Waals surface area (Å²) in [5.41, 5.74) is -0.149. The quantitative estimate of drug-likeness (QED) is 0.862. The van der Waals surface area contributed by atoms with E-state index in [1.807, 2.05) is 4.90 Å². The first-order valence-electron chi connectivity index (χ1n) is 7.97. The normalized spacial score (nSPS) is 23.2. The van der Waals surface area contributed by atoms with Crippen LogP contribution >= 0.6 is 0 Å². The van der Waals surface area contributed by atoms with Crippen LogP contribution in [0.3, 0.4) is 0 Å². The van der Waals surface area contributed by atoms with E-state index in [9.17, 15) is 9.59 Å². The minimum absolute atomic E-state index is 0.149. The number of amides is 1. The van der Waals surface area contributed by atoms with Crippen molar-refractivity contribution in [2.24, 2.45) is 17.3 Å². The summed E-state index contributed by atoms with van der Waals surface area (Å²) >= 11 is 0. The summed E-state index contributed by atoms with van der Waals surface area (Å²) in [4.78, 5) is 25.8. The van der Waals surface area contributed by atoms with Crippen LogP contribution in [0.15, 0.2) is 0 Å². The second-order valence-corrected chi connectivity index (χ2v) is 6.99. The first-order valence-corrected chi connectivity index (χ1v) is 7.97. The second kappa shape index (κ2) is 6.15. The zero-order valence-electron chi connectivity index (χ0n) is 12.7. The fraction of sp³-hybridized carbons (Fsp3) is 0.875. The Morgan fingerprint density at radius 2 is 1.75 bits per heavy atom. The molecule has 0 aromatic carbocycles. The number of carboxylic acids is 1. The zero-order valence-corrected chi connectivity index (χ0v) is 12.7. The van der Waals surface area contributed by atoms with Crippen LogP contribution in [0.4, 0.5) is 0 Å². The van der Waals surface area contributed by atoms with Gasteiger partial charge in [0.05, 0.1) is 5.92 Å². The predicted molar refractivity (Wildman–Crippen MR) is 77.3 cm³/mol. The molecule has 0 aromatic heterocycles. The molecule has 0 unspecified atom stereocenters. The van der Waals surface area contributed by atoms with Gasteiger partial charge < -0.3 is 10.0 Å². The maximum atomic E-state index is 12.9. The van der Waals surface area contributed by atoms with Crippen molar-refractivity contribution in [3.63, 3.8) is 0 Å². The standard InChI is InChI=1S/C16H27NO3/c1-12(2)11-16(7-3-4-8-16)15(20)17-9-5-13(6-10-17)14(18)19/h12-13H,3-11H2,1-2H3,(H,18,19). The van der Waals surface area contributed by atoms with Crippen LogP contribution in [-0.2, 0) is 9.59 Å². The van der Waals surface area contributed by atoms with Crippen molar-refractivity contribution < 1.29 is 14.7 Å². The van der Waals surface area contributed by atoms with Gasteiger partial charge in [-0.1, -0.05) is 26.7 Å². The molecule has 1 amide bonds. The van der Waals surface area contributed by atoms with Crippen LogP contribution in [0.25, 0.3) is 0 Å². The maximum absolute atomic E-state index is 12.9.